The van der Waals surface area contributed by atoms with Gasteiger partial charge in [0.05, 0.1) is 5.69 Å². The molecule has 0 aromatic carbocycles. The van der Waals surface area contributed by atoms with Crippen LogP contribution >= 0.6 is 11.3 Å². The van der Waals surface area contributed by atoms with Gasteiger partial charge in [-0.2, -0.15) is 0 Å². The highest BCUT2D eigenvalue weighted by Crippen LogP contribution is 2.31. The number of carbonyl (C=O) groups is 1. The normalized spacial score (nSPS) is 19.5. The van der Waals surface area contributed by atoms with Crippen LogP contribution in [0.2, 0.25) is 0 Å². The van der Waals surface area contributed by atoms with Crippen molar-refractivity contribution in [2.75, 3.05) is 11.9 Å². The third kappa shape index (κ3) is 1.94. The number of anilines is 1. The minimum absolute atomic E-state index is 0.180. The Morgan fingerprint density at radius 3 is 3.00 bits per heavy atom. The van der Waals surface area contributed by atoms with Gasteiger partial charge in [0, 0.05) is 6.54 Å². The maximum Gasteiger partial charge on any atom is 0.267 e. The number of thiophene rings is 1. The molecule has 3 nitrogen and oxygen atoms in total. The largest absolute Gasteiger partial charge is 0.364 e. The summed E-state index contributed by atoms with van der Waals surface area (Å²) in [5.41, 5.74) is 1.01. The summed E-state index contributed by atoms with van der Waals surface area (Å²) in [5.74, 6) is 0.187. The molecule has 1 N–H and O–H groups in total. The lowest BCUT2D eigenvalue weighted by atomic mass is 10.1. The van der Waals surface area contributed by atoms with Crippen LogP contribution in [0.1, 0.15) is 42.8 Å². The van der Waals surface area contributed by atoms with E-state index in [9.17, 15) is 4.79 Å². The van der Waals surface area contributed by atoms with E-state index in [2.05, 4.69) is 12.2 Å². The Balaban J connectivity index is 2.19. The minimum Gasteiger partial charge on any atom is -0.364 e. The molecule has 0 saturated heterocycles. The van der Waals surface area contributed by atoms with Gasteiger partial charge in [0.2, 0.25) is 0 Å². The van der Waals surface area contributed by atoms with Crippen molar-refractivity contribution in [1.82, 2.24) is 4.90 Å². The van der Waals surface area contributed by atoms with E-state index in [1.165, 1.54) is 17.8 Å². The number of unbranched alkanes of at least 4 members (excludes halogenated alkanes) is 1. The highest BCUT2D eigenvalue weighted by molar-refractivity contribution is 7.12. The molecule has 4 heteroatoms. The number of amides is 1. The van der Waals surface area contributed by atoms with Gasteiger partial charge in [-0.15, -0.1) is 11.3 Å². The van der Waals surface area contributed by atoms with E-state index in [1.54, 1.807) is 0 Å². The molecule has 0 radical (unpaired) electrons. The van der Waals surface area contributed by atoms with Crippen LogP contribution in [0.4, 0.5) is 5.69 Å². The first-order valence-electron chi connectivity index (χ1n) is 5.93. The number of fused-ring (bicyclic) bond motifs is 1. The molecule has 0 spiro atoms. The average molecular weight is 238 g/mol. The summed E-state index contributed by atoms with van der Waals surface area (Å²) in [5, 5.41) is 5.44. The molecule has 16 heavy (non-hydrogen) atoms. The predicted molar refractivity (Wildman–Crippen MR) is 68.0 cm³/mol. The molecule has 1 aliphatic rings. The Hall–Kier alpha value is -1.03. The van der Waals surface area contributed by atoms with Crippen LogP contribution < -0.4 is 5.32 Å². The van der Waals surface area contributed by atoms with Crippen LogP contribution in [0.5, 0.6) is 0 Å². The number of nitrogens with one attached hydrogen (secondary N) is 1. The smallest absolute Gasteiger partial charge is 0.267 e. The van der Waals surface area contributed by atoms with Gasteiger partial charge < -0.3 is 10.2 Å². The van der Waals surface area contributed by atoms with E-state index in [-0.39, 0.29) is 12.1 Å². The van der Waals surface area contributed by atoms with E-state index >= 15 is 0 Å². The van der Waals surface area contributed by atoms with Crippen LogP contribution in [0, 0.1) is 0 Å². The second kappa shape index (κ2) is 4.87. The molecule has 1 unspecified atom stereocenters. The second-order valence-electron chi connectivity index (χ2n) is 4.06. The quantitative estimate of drug-likeness (QED) is 0.874. The Bertz CT molecular complexity index is 375. The van der Waals surface area contributed by atoms with Crippen molar-refractivity contribution in [3.8, 4) is 0 Å². The van der Waals surface area contributed by atoms with E-state index in [1.807, 2.05) is 23.3 Å². The van der Waals surface area contributed by atoms with Crippen molar-refractivity contribution < 1.29 is 4.79 Å². The SMILES string of the molecule is CCCCC1Nc2ccsc2C(=O)N1CC. The Morgan fingerprint density at radius 2 is 2.31 bits per heavy atom. The predicted octanol–water partition coefficient (Wildman–Crippen LogP) is 3.15. The zero-order valence-corrected chi connectivity index (χ0v) is 10.6. The summed E-state index contributed by atoms with van der Waals surface area (Å²) >= 11 is 1.52. The number of hydrogen-bond acceptors (Lipinski definition) is 3. The van der Waals surface area contributed by atoms with Gasteiger partial charge in [-0.05, 0) is 31.2 Å². The van der Waals surface area contributed by atoms with Crippen molar-refractivity contribution >= 4 is 22.9 Å². The van der Waals surface area contributed by atoms with E-state index in [0.717, 1.165) is 30.0 Å². The fourth-order valence-corrected chi connectivity index (χ4v) is 2.92. The monoisotopic (exact) mass is 238 g/mol. The summed E-state index contributed by atoms with van der Waals surface area (Å²) in [7, 11) is 0. The van der Waals surface area contributed by atoms with Crippen LogP contribution in [-0.2, 0) is 0 Å². The van der Waals surface area contributed by atoms with Crippen LogP contribution in [0.3, 0.4) is 0 Å². The standard InChI is InChI=1S/C12H18N2OS/c1-3-5-6-10-13-9-7-8-16-11(9)12(15)14(10)4-2/h7-8,10,13H,3-6H2,1-2H3. The van der Waals surface area contributed by atoms with Crippen molar-refractivity contribution in [2.45, 2.75) is 39.3 Å². The third-order valence-electron chi connectivity index (χ3n) is 2.99. The molecule has 1 amide bonds. The first-order chi connectivity index (χ1) is 7.77. The van der Waals surface area contributed by atoms with Gasteiger partial charge in [0.1, 0.15) is 11.0 Å². The number of carbonyl (C=O) groups excluding carboxylic acids is 1. The number of rotatable bonds is 4. The first-order valence-corrected chi connectivity index (χ1v) is 6.80. The van der Waals surface area contributed by atoms with Gasteiger partial charge in [0.25, 0.3) is 5.91 Å². The molecule has 1 atom stereocenters. The molecule has 1 aromatic heterocycles. The number of hydrogen-bond donors (Lipinski definition) is 1. The summed E-state index contributed by atoms with van der Waals surface area (Å²) in [6.45, 7) is 4.99. The summed E-state index contributed by atoms with van der Waals surface area (Å²) < 4.78 is 0. The Morgan fingerprint density at radius 1 is 1.50 bits per heavy atom. The highest BCUT2D eigenvalue weighted by Gasteiger charge is 2.31. The molecule has 2 heterocycles. The number of nitrogens with zero attached hydrogens (tertiary/aromatic N) is 1. The molecule has 88 valence electrons. The molecular formula is C12H18N2OS. The van der Waals surface area contributed by atoms with Crippen molar-refractivity contribution in [3.63, 3.8) is 0 Å². The van der Waals surface area contributed by atoms with Gasteiger partial charge in [-0.25, -0.2) is 0 Å². The highest BCUT2D eigenvalue weighted by atomic mass is 32.1. The Kier molecular flexibility index (Phi) is 3.49. The van der Waals surface area contributed by atoms with Gasteiger partial charge >= 0.3 is 0 Å². The molecule has 2 rings (SSSR count). The van der Waals surface area contributed by atoms with Crippen LogP contribution in [0.15, 0.2) is 11.4 Å². The minimum atomic E-state index is 0.180. The lowest BCUT2D eigenvalue weighted by Crippen LogP contribution is -2.47. The fraction of sp³-hybridized carbons (Fsp3) is 0.583. The molecular weight excluding hydrogens is 220 g/mol. The maximum atomic E-state index is 12.2. The Labute approximate surface area is 100 Å². The van der Waals surface area contributed by atoms with Crippen molar-refractivity contribution in [1.29, 1.82) is 0 Å². The molecule has 1 aromatic rings. The average Bonchev–Trinajstić information content (AvgIpc) is 2.75. The molecule has 0 bridgehead atoms. The topological polar surface area (TPSA) is 32.3 Å². The molecule has 0 saturated carbocycles. The second-order valence-corrected chi connectivity index (χ2v) is 4.97. The van der Waals surface area contributed by atoms with Crippen LogP contribution in [0.25, 0.3) is 0 Å². The van der Waals surface area contributed by atoms with Gasteiger partial charge in [-0.3, -0.25) is 4.79 Å². The van der Waals surface area contributed by atoms with E-state index < -0.39 is 0 Å². The first kappa shape index (κ1) is 11.5. The van der Waals surface area contributed by atoms with Crippen molar-refractivity contribution in [2.24, 2.45) is 0 Å². The summed E-state index contributed by atoms with van der Waals surface area (Å²) in [4.78, 5) is 15.0. The zero-order chi connectivity index (χ0) is 11.5. The third-order valence-corrected chi connectivity index (χ3v) is 3.89. The zero-order valence-electron chi connectivity index (χ0n) is 9.82. The van der Waals surface area contributed by atoms with Gasteiger partial charge in [-0.1, -0.05) is 13.3 Å². The summed E-state index contributed by atoms with van der Waals surface area (Å²) in [6, 6.07) is 2.00. The molecule has 0 fully saturated rings. The molecule has 1 aliphatic heterocycles. The van der Waals surface area contributed by atoms with Crippen molar-refractivity contribution in [3.05, 3.63) is 16.3 Å². The lowest BCUT2D eigenvalue weighted by Gasteiger charge is -2.36. The van der Waals surface area contributed by atoms with Gasteiger partial charge in [0.15, 0.2) is 0 Å². The van der Waals surface area contributed by atoms with Crippen LogP contribution in [-0.4, -0.2) is 23.5 Å². The molecule has 0 aliphatic carbocycles. The maximum absolute atomic E-state index is 12.2. The van der Waals surface area contributed by atoms with E-state index in [4.69, 9.17) is 0 Å². The van der Waals surface area contributed by atoms with E-state index in [0.29, 0.717) is 0 Å². The summed E-state index contributed by atoms with van der Waals surface area (Å²) in [6.07, 6.45) is 3.53. The lowest BCUT2D eigenvalue weighted by molar-refractivity contribution is 0.0692. The fourth-order valence-electron chi connectivity index (χ4n) is 2.11.